The van der Waals surface area contributed by atoms with E-state index in [4.69, 9.17) is 18.3 Å². The topological polar surface area (TPSA) is 94.2 Å². The molecule has 3 heterocycles. The van der Waals surface area contributed by atoms with E-state index in [1.807, 2.05) is 31.2 Å². The van der Waals surface area contributed by atoms with Crippen LogP contribution in [-0.4, -0.2) is 49.2 Å². The van der Waals surface area contributed by atoms with Gasteiger partial charge in [-0.1, -0.05) is 12.1 Å². The van der Waals surface area contributed by atoms with E-state index in [1.165, 1.54) is 0 Å². The van der Waals surface area contributed by atoms with Crippen molar-refractivity contribution >= 4 is 28.5 Å². The van der Waals surface area contributed by atoms with Crippen LogP contribution in [0.3, 0.4) is 0 Å². The molecule has 4 rings (SSSR count). The molecule has 1 atom stereocenters. The third kappa shape index (κ3) is 4.98. The highest BCUT2D eigenvalue weighted by Crippen LogP contribution is 2.32. The number of furan rings is 2. The van der Waals surface area contributed by atoms with Gasteiger partial charge < -0.3 is 28.5 Å². The second kappa shape index (κ2) is 9.80. The summed E-state index contributed by atoms with van der Waals surface area (Å²) in [5, 5.41) is 3.45. The van der Waals surface area contributed by atoms with Crippen molar-refractivity contribution in [3.8, 4) is 0 Å². The van der Waals surface area contributed by atoms with Gasteiger partial charge in [0.2, 0.25) is 11.7 Å². The molecule has 0 radical (unpaired) electrons. The molecule has 1 N–H and O–H groups in total. The van der Waals surface area contributed by atoms with Crippen molar-refractivity contribution in [2.75, 3.05) is 31.7 Å². The average Bonchev–Trinajstić information content (AvgIpc) is 3.53. The van der Waals surface area contributed by atoms with E-state index in [0.29, 0.717) is 42.2 Å². The smallest absolute Gasteiger partial charge is 0.292 e. The number of hydrogen-bond donors (Lipinski definition) is 1. The lowest BCUT2D eigenvalue weighted by Crippen LogP contribution is -2.37. The summed E-state index contributed by atoms with van der Waals surface area (Å²) in [5.74, 6) is 0.0500. The van der Waals surface area contributed by atoms with Crippen LogP contribution in [0.5, 0.6) is 0 Å². The zero-order valence-electron chi connectivity index (χ0n) is 17.5. The lowest BCUT2D eigenvalue weighted by atomic mass is 10.2. The summed E-state index contributed by atoms with van der Waals surface area (Å²) in [5.41, 5.74) is 0.870. The number of hydrogen-bond acceptors (Lipinski definition) is 6. The zero-order chi connectivity index (χ0) is 21.6. The van der Waals surface area contributed by atoms with Crippen molar-refractivity contribution in [3.05, 3.63) is 54.2 Å². The van der Waals surface area contributed by atoms with Crippen molar-refractivity contribution in [3.63, 3.8) is 0 Å². The highest BCUT2D eigenvalue weighted by molar-refractivity contribution is 6.11. The van der Waals surface area contributed by atoms with E-state index in [1.54, 1.807) is 23.3 Å². The Balaban J connectivity index is 1.65. The SMILES string of the molecule is CCOCC(=O)Nc1c(C(=O)N(Cc2ccco2)CC2CCCO2)oc2ccccc12. The number of para-hydroxylation sites is 1. The first-order chi connectivity index (χ1) is 15.2. The first-order valence-electron chi connectivity index (χ1n) is 10.5. The fourth-order valence-electron chi connectivity index (χ4n) is 3.68. The third-order valence-electron chi connectivity index (χ3n) is 5.15. The lowest BCUT2D eigenvalue weighted by Gasteiger charge is -2.24. The van der Waals surface area contributed by atoms with Gasteiger partial charge in [-0.25, -0.2) is 0 Å². The summed E-state index contributed by atoms with van der Waals surface area (Å²) in [6.07, 6.45) is 3.39. The largest absolute Gasteiger partial charge is 0.467 e. The van der Waals surface area contributed by atoms with Crippen LogP contribution in [0.2, 0.25) is 0 Å². The summed E-state index contributed by atoms with van der Waals surface area (Å²) >= 11 is 0. The van der Waals surface area contributed by atoms with Gasteiger partial charge in [-0.05, 0) is 44.0 Å². The summed E-state index contributed by atoms with van der Waals surface area (Å²) in [7, 11) is 0. The number of nitrogens with one attached hydrogen (secondary N) is 1. The van der Waals surface area contributed by atoms with Crippen LogP contribution in [0.25, 0.3) is 11.0 Å². The standard InChI is InChI=1S/C23H26N2O6/c1-2-28-15-20(26)24-21-18-9-3-4-10-19(18)31-22(21)23(27)25(13-16-7-5-11-29-16)14-17-8-6-12-30-17/h3-5,7,9-11,17H,2,6,8,12-15H2,1H3,(H,24,26). The van der Waals surface area contributed by atoms with Crippen LogP contribution in [0.1, 0.15) is 36.1 Å². The van der Waals surface area contributed by atoms with Gasteiger partial charge in [0.05, 0.1) is 18.9 Å². The highest BCUT2D eigenvalue weighted by Gasteiger charge is 2.30. The minimum Gasteiger partial charge on any atom is -0.467 e. The van der Waals surface area contributed by atoms with Gasteiger partial charge in [-0.3, -0.25) is 9.59 Å². The Hall–Kier alpha value is -3.10. The van der Waals surface area contributed by atoms with Gasteiger partial charge in [0, 0.05) is 25.1 Å². The van der Waals surface area contributed by atoms with Gasteiger partial charge in [0.15, 0.2) is 0 Å². The number of carbonyl (C=O) groups excluding carboxylic acids is 2. The van der Waals surface area contributed by atoms with Crippen molar-refractivity contribution in [2.45, 2.75) is 32.4 Å². The predicted octanol–water partition coefficient (Wildman–Crippen LogP) is 3.82. The quantitative estimate of drug-likeness (QED) is 0.559. The lowest BCUT2D eigenvalue weighted by molar-refractivity contribution is -0.120. The van der Waals surface area contributed by atoms with Gasteiger partial charge in [-0.15, -0.1) is 0 Å². The Kier molecular flexibility index (Phi) is 6.69. The maximum Gasteiger partial charge on any atom is 0.292 e. The molecule has 1 aliphatic heterocycles. The molecule has 0 bridgehead atoms. The van der Waals surface area contributed by atoms with Crippen molar-refractivity contribution in [2.24, 2.45) is 0 Å². The van der Waals surface area contributed by atoms with E-state index in [2.05, 4.69) is 5.32 Å². The maximum absolute atomic E-state index is 13.6. The first kappa shape index (κ1) is 21.1. The minimum atomic E-state index is -0.348. The van der Waals surface area contributed by atoms with Crippen molar-refractivity contribution < 1.29 is 27.9 Å². The van der Waals surface area contributed by atoms with Gasteiger partial charge >= 0.3 is 0 Å². The van der Waals surface area contributed by atoms with E-state index < -0.39 is 0 Å². The molecular formula is C23H26N2O6. The number of fused-ring (bicyclic) bond motifs is 1. The van der Waals surface area contributed by atoms with Crippen LogP contribution in [0.15, 0.2) is 51.5 Å². The van der Waals surface area contributed by atoms with Gasteiger partial charge in [-0.2, -0.15) is 0 Å². The van der Waals surface area contributed by atoms with E-state index in [-0.39, 0.29) is 36.8 Å². The molecule has 1 aromatic carbocycles. The van der Waals surface area contributed by atoms with Crippen LogP contribution >= 0.6 is 0 Å². The monoisotopic (exact) mass is 426 g/mol. The van der Waals surface area contributed by atoms with Crippen LogP contribution in [-0.2, 0) is 20.8 Å². The zero-order valence-corrected chi connectivity index (χ0v) is 17.5. The van der Waals surface area contributed by atoms with Crippen LogP contribution in [0, 0.1) is 0 Å². The Bertz CT molecular complexity index is 1020. The van der Waals surface area contributed by atoms with E-state index >= 15 is 0 Å². The third-order valence-corrected chi connectivity index (χ3v) is 5.15. The number of amides is 2. The number of benzene rings is 1. The fraction of sp³-hybridized carbons (Fsp3) is 0.391. The molecule has 1 aliphatic rings. The molecule has 164 valence electrons. The van der Waals surface area contributed by atoms with Crippen molar-refractivity contribution in [1.82, 2.24) is 4.90 Å². The second-order valence-electron chi connectivity index (χ2n) is 7.39. The van der Waals surface area contributed by atoms with Crippen LogP contribution < -0.4 is 5.32 Å². The molecule has 8 heteroatoms. The molecule has 1 saturated heterocycles. The van der Waals surface area contributed by atoms with Crippen LogP contribution in [0.4, 0.5) is 5.69 Å². The maximum atomic E-state index is 13.6. The molecule has 1 fully saturated rings. The minimum absolute atomic E-state index is 0.0423. The molecule has 0 aliphatic carbocycles. The molecule has 8 nitrogen and oxygen atoms in total. The summed E-state index contributed by atoms with van der Waals surface area (Å²) in [6.45, 7) is 3.50. The summed E-state index contributed by atoms with van der Waals surface area (Å²) in [4.78, 5) is 27.6. The number of carbonyl (C=O) groups is 2. The molecule has 0 spiro atoms. The molecule has 2 amide bonds. The molecular weight excluding hydrogens is 400 g/mol. The Labute approximate surface area is 180 Å². The predicted molar refractivity (Wildman–Crippen MR) is 114 cm³/mol. The molecule has 0 saturated carbocycles. The number of ether oxygens (including phenoxy) is 2. The summed E-state index contributed by atoms with van der Waals surface area (Å²) < 4.78 is 22.3. The van der Waals surface area contributed by atoms with E-state index in [9.17, 15) is 9.59 Å². The number of nitrogens with zero attached hydrogens (tertiary/aromatic N) is 1. The molecule has 31 heavy (non-hydrogen) atoms. The fourth-order valence-corrected chi connectivity index (χ4v) is 3.68. The molecule has 2 aromatic heterocycles. The summed E-state index contributed by atoms with van der Waals surface area (Å²) in [6, 6.07) is 10.8. The molecule has 3 aromatic rings. The normalized spacial score (nSPS) is 16.0. The molecule has 1 unspecified atom stereocenters. The van der Waals surface area contributed by atoms with Gasteiger partial charge in [0.25, 0.3) is 5.91 Å². The average molecular weight is 426 g/mol. The van der Waals surface area contributed by atoms with E-state index in [0.717, 1.165) is 12.8 Å². The number of anilines is 1. The Morgan fingerprint density at radius 1 is 1.23 bits per heavy atom. The highest BCUT2D eigenvalue weighted by atomic mass is 16.5. The van der Waals surface area contributed by atoms with Crippen molar-refractivity contribution in [1.29, 1.82) is 0 Å². The number of rotatable bonds is 9. The first-order valence-corrected chi connectivity index (χ1v) is 10.5. The second-order valence-corrected chi connectivity index (χ2v) is 7.39. The Morgan fingerprint density at radius 3 is 2.84 bits per heavy atom. The van der Waals surface area contributed by atoms with Gasteiger partial charge in [0.1, 0.15) is 23.6 Å². The Morgan fingerprint density at radius 2 is 2.10 bits per heavy atom.